The highest BCUT2D eigenvalue weighted by Crippen LogP contribution is 2.32. The van der Waals surface area contributed by atoms with Crippen LogP contribution in [-0.4, -0.2) is 75.2 Å². The van der Waals surface area contributed by atoms with Gasteiger partial charge >= 0.3 is 0 Å². The first-order valence-electron chi connectivity index (χ1n) is 10.8. The van der Waals surface area contributed by atoms with Crippen molar-refractivity contribution in [1.29, 1.82) is 0 Å². The molecule has 1 fully saturated rings. The topological polar surface area (TPSA) is 82.2 Å². The molecule has 170 valence electrons. The van der Waals surface area contributed by atoms with Crippen molar-refractivity contribution in [3.63, 3.8) is 0 Å². The number of amides is 1. The molecule has 1 atom stereocenters. The molecule has 3 rings (SSSR count). The van der Waals surface area contributed by atoms with Gasteiger partial charge < -0.3 is 29.2 Å². The third kappa shape index (κ3) is 5.64. The van der Waals surface area contributed by atoms with Crippen LogP contribution >= 0.6 is 0 Å². The summed E-state index contributed by atoms with van der Waals surface area (Å²) in [5.41, 5.74) is 0.913. The third-order valence-corrected chi connectivity index (χ3v) is 5.32. The molecule has 1 aliphatic heterocycles. The second-order valence-corrected chi connectivity index (χ2v) is 7.86. The normalized spacial score (nSPS) is 16.5. The molecule has 1 N–H and O–H groups in total. The molecule has 0 radical (unpaired) electrons. The standard InChI is InChI=1S/C23H33N3O5/c1-16(2)26(17-7-6-10-24-14-17)23(27)19-13-21(30-12-11-28-3)18-8-5-9-20(22(18)25-19)31-15-29-4/h5,8-9,13,16-17,24H,6-7,10-12,14-15H2,1-4H3/t17-/m1/s1. The Balaban J connectivity index is 2.03. The van der Waals surface area contributed by atoms with Gasteiger partial charge in [-0.1, -0.05) is 6.07 Å². The lowest BCUT2D eigenvalue weighted by molar-refractivity contribution is 0.0520. The maximum atomic E-state index is 13.6. The summed E-state index contributed by atoms with van der Waals surface area (Å²) in [6, 6.07) is 7.50. The van der Waals surface area contributed by atoms with Crippen molar-refractivity contribution in [3.8, 4) is 11.5 Å². The maximum absolute atomic E-state index is 13.6. The minimum absolute atomic E-state index is 0.0488. The number of hydrogen-bond acceptors (Lipinski definition) is 7. The number of carbonyl (C=O) groups excluding carboxylic acids is 1. The van der Waals surface area contributed by atoms with Gasteiger partial charge in [-0.3, -0.25) is 4.79 Å². The molecule has 1 aliphatic rings. The highest BCUT2D eigenvalue weighted by molar-refractivity contribution is 5.98. The van der Waals surface area contributed by atoms with Crippen molar-refractivity contribution in [3.05, 3.63) is 30.0 Å². The number of methoxy groups -OCH3 is 2. The van der Waals surface area contributed by atoms with Crippen LogP contribution in [0.25, 0.3) is 10.9 Å². The van der Waals surface area contributed by atoms with Gasteiger partial charge in [-0.05, 0) is 45.4 Å². The van der Waals surface area contributed by atoms with E-state index in [9.17, 15) is 4.79 Å². The molecule has 0 bridgehead atoms. The minimum Gasteiger partial charge on any atom is -0.490 e. The van der Waals surface area contributed by atoms with Gasteiger partial charge in [0.15, 0.2) is 6.79 Å². The number of para-hydroxylation sites is 1. The third-order valence-electron chi connectivity index (χ3n) is 5.32. The number of nitrogens with one attached hydrogen (secondary N) is 1. The van der Waals surface area contributed by atoms with Crippen LogP contribution in [0.15, 0.2) is 24.3 Å². The summed E-state index contributed by atoms with van der Waals surface area (Å²) in [4.78, 5) is 20.3. The number of piperidine rings is 1. The van der Waals surface area contributed by atoms with Crippen LogP contribution in [0.5, 0.6) is 11.5 Å². The first-order chi connectivity index (χ1) is 15.1. The number of nitrogens with zero attached hydrogens (tertiary/aromatic N) is 2. The fraction of sp³-hybridized carbons (Fsp3) is 0.565. The quantitative estimate of drug-likeness (QED) is 0.458. The monoisotopic (exact) mass is 431 g/mol. The Morgan fingerprint density at radius 1 is 1.19 bits per heavy atom. The van der Waals surface area contributed by atoms with E-state index in [4.69, 9.17) is 23.9 Å². The van der Waals surface area contributed by atoms with E-state index in [1.165, 1.54) is 0 Å². The number of carbonyl (C=O) groups is 1. The van der Waals surface area contributed by atoms with Crippen LogP contribution in [0.3, 0.4) is 0 Å². The molecule has 2 heterocycles. The van der Waals surface area contributed by atoms with Crippen molar-refractivity contribution >= 4 is 16.8 Å². The molecule has 1 aromatic heterocycles. The van der Waals surface area contributed by atoms with Gasteiger partial charge in [-0.15, -0.1) is 0 Å². The van der Waals surface area contributed by atoms with Gasteiger partial charge in [0.25, 0.3) is 5.91 Å². The molecule has 8 nitrogen and oxygen atoms in total. The lowest BCUT2D eigenvalue weighted by atomic mass is 10.0. The lowest BCUT2D eigenvalue weighted by Crippen LogP contribution is -2.51. The molecular weight excluding hydrogens is 398 g/mol. The number of benzene rings is 1. The van der Waals surface area contributed by atoms with E-state index in [0.29, 0.717) is 35.9 Å². The van der Waals surface area contributed by atoms with Gasteiger partial charge in [0.05, 0.1) is 6.61 Å². The highest BCUT2D eigenvalue weighted by Gasteiger charge is 2.30. The number of ether oxygens (including phenoxy) is 4. The molecule has 1 saturated heterocycles. The van der Waals surface area contributed by atoms with E-state index in [-0.39, 0.29) is 24.8 Å². The van der Waals surface area contributed by atoms with E-state index in [2.05, 4.69) is 5.32 Å². The Bertz CT molecular complexity index is 868. The summed E-state index contributed by atoms with van der Waals surface area (Å²) in [6.45, 7) is 6.75. The van der Waals surface area contributed by atoms with Crippen molar-refractivity contribution < 1.29 is 23.7 Å². The van der Waals surface area contributed by atoms with Crippen molar-refractivity contribution in [2.24, 2.45) is 0 Å². The van der Waals surface area contributed by atoms with E-state index in [1.807, 2.05) is 36.9 Å². The molecule has 0 aliphatic carbocycles. The summed E-state index contributed by atoms with van der Waals surface area (Å²) in [5.74, 6) is 1.02. The summed E-state index contributed by atoms with van der Waals surface area (Å²) in [7, 11) is 3.18. The predicted octanol–water partition coefficient (Wildman–Crippen LogP) is 2.85. The van der Waals surface area contributed by atoms with Crippen LogP contribution in [0.1, 0.15) is 37.2 Å². The number of fused-ring (bicyclic) bond motifs is 1. The zero-order valence-corrected chi connectivity index (χ0v) is 18.8. The van der Waals surface area contributed by atoms with Crippen LogP contribution in [0.2, 0.25) is 0 Å². The highest BCUT2D eigenvalue weighted by atomic mass is 16.7. The second-order valence-electron chi connectivity index (χ2n) is 7.86. The van der Waals surface area contributed by atoms with E-state index in [1.54, 1.807) is 20.3 Å². The van der Waals surface area contributed by atoms with Gasteiger partial charge in [0.2, 0.25) is 0 Å². The average Bonchev–Trinajstić information content (AvgIpc) is 2.78. The van der Waals surface area contributed by atoms with E-state index < -0.39 is 0 Å². The molecular formula is C23H33N3O5. The Hall–Kier alpha value is -2.42. The summed E-state index contributed by atoms with van der Waals surface area (Å²) in [6.07, 6.45) is 2.02. The smallest absolute Gasteiger partial charge is 0.273 e. The minimum atomic E-state index is -0.108. The maximum Gasteiger partial charge on any atom is 0.273 e. The van der Waals surface area contributed by atoms with Crippen LogP contribution in [0.4, 0.5) is 0 Å². The largest absolute Gasteiger partial charge is 0.490 e. The molecule has 0 unspecified atom stereocenters. The van der Waals surface area contributed by atoms with Gasteiger partial charge in [-0.2, -0.15) is 0 Å². The second kappa shape index (κ2) is 11.3. The van der Waals surface area contributed by atoms with Crippen molar-refractivity contribution in [2.45, 2.75) is 38.8 Å². The van der Waals surface area contributed by atoms with Crippen molar-refractivity contribution in [2.75, 3.05) is 47.3 Å². The van der Waals surface area contributed by atoms with E-state index in [0.717, 1.165) is 31.3 Å². The summed E-state index contributed by atoms with van der Waals surface area (Å²) in [5, 5.41) is 4.17. The molecule has 0 spiro atoms. The average molecular weight is 432 g/mol. The van der Waals surface area contributed by atoms with Crippen LogP contribution < -0.4 is 14.8 Å². The van der Waals surface area contributed by atoms with E-state index >= 15 is 0 Å². The molecule has 31 heavy (non-hydrogen) atoms. The first kappa shape index (κ1) is 23.2. The lowest BCUT2D eigenvalue weighted by Gasteiger charge is -2.37. The first-order valence-corrected chi connectivity index (χ1v) is 10.8. The molecule has 1 amide bonds. The van der Waals surface area contributed by atoms with Crippen molar-refractivity contribution in [1.82, 2.24) is 15.2 Å². The fourth-order valence-electron chi connectivity index (χ4n) is 3.92. The zero-order valence-electron chi connectivity index (χ0n) is 18.8. The van der Waals surface area contributed by atoms with Gasteiger partial charge in [0, 0.05) is 44.3 Å². The molecule has 2 aromatic rings. The van der Waals surface area contributed by atoms with Gasteiger partial charge in [-0.25, -0.2) is 4.98 Å². The molecule has 0 saturated carbocycles. The van der Waals surface area contributed by atoms with Crippen LogP contribution in [-0.2, 0) is 9.47 Å². The Morgan fingerprint density at radius 3 is 2.71 bits per heavy atom. The van der Waals surface area contributed by atoms with Gasteiger partial charge in [0.1, 0.15) is 29.3 Å². The number of aromatic nitrogens is 1. The number of rotatable bonds is 10. The molecule has 8 heteroatoms. The zero-order chi connectivity index (χ0) is 22.2. The number of pyridine rings is 1. The Kier molecular flexibility index (Phi) is 8.45. The Labute approximate surface area is 183 Å². The Morgan fingerprint density at radius 2 is 2.03 bits per heavy atom. The molecule has 1 aromatic carbocycles. The number of hydrogen-bond donors (Lipinski definition) is 1. The predicted molar refractivity (Wildman–Crippen MR) is 119 cm³/mol. The SMILES string of the molecule is COCCOc1cc(C(=O)N(C(C)C)[C@@H]2CCCNC2)nc2c(OCOC)cccc12. The summed E-state index contributed by atoms with van der Waals surface area (Å²) >= 11 is 0. The van der Waals surface area contributed by atoms with Crippen LogP contribution in [0, 0.1) is 0 Å². The fourth-order valence-corrected chi connectivity index (χ4v) is 3.92. The summed E-state index contributed by atoms with van der Waals surface area (Å²) < 4.78 is 21.8.